The van der Waals surface area contributed by atoms with Gasteiger partial charge in [-0.3, -0.25) is 4.79 Å². The Morgan fingerprint density at radius 1 is 1.42 bits per heavy atom. The predicted octanol–water partition coefficient (Wildman–Crippen LogP) is 2.77. The summed E-state index contributed by atoms with van der Waals surface area (Å²) in [6.45, 7) is 2.09. The van der Waals surface area contributed by atoms with Crippen LogP contribution < -0.4 is 0 Å². The van der Waals surface area contributed by atoms with Crippen LogP contribution in [0.2, 0.25) is 0 Å². The number of hydrogen-bond donors (Lipinski definition) is 1. The van der Waals surface area contributed by atoms with Gasteiger partial charge in [-0.05, 0) is 6.42 Å². The van der Waals surface area contributed by atoms with E-state index in [2.05, 4.69) is 6.92 Å². The molecule has 0 aliphatic rings. The summed E-state index contributed by atoms with van der Waals surface area (Å²) in [6, 6.07) is 0. The lowest BCUT2D eigenvalue weighted by atomic mass is 10.1. The maximum atomic E-state index is 12.7. The summed E-state index contributed by atoms with van der Waals surface area (Å²) >= 11 is 0. The smallest absolute Gasteiger partial charge is 0.306 e. The first-order valence-corrected chi connectivity index (χ1v) is 4.52. The zero-order valence-corrected chi connectivity index (χ0v) is 7.55. The van der Waals surface area contributed by atoms with E-state index in [-0.39, 0.29) is 6.42 Å². The second-order valence-electron chi connectivity index (χ2n) is 3.04. The van der Waals surface area contributed by atoms with E-state index in [9.17, 15) is 9.18 Å². The van der Waals surface area contributed by atoms with Gasteiger partial charge >= 0.3 is 5.97 Å². The van der Waals surface area contributed by atoms with Crippen LogP contribution in [0.4, 0.5) is 4.39 Å². The Morgan fingerprint density at radius 2 is 2.08 bits per heavy atom. The number of alkyl halides is 1. The van der Waals surface area contributed by atoms with E-state index in [0.717, 1.165) is 25.7 Å². The van der Waals surface area contributed by atoms with E-state index in [4.69, 9.17) is 5.11 Å². The number of halogens is 1. The normalized spacial score (nSPS) is 12.8. The van der Waals surface area contributed by atoms with Crippen molar-refractivity contribution in [3.05, 3.63) is 0 Å². The van der Waals surface area contributed by atoms with E-state index in [1.54, 1.807) is 0 Å². The highest BCUT2D eigenvalue weighted by atomic mass is 19.1. The molecule has 0 aromatic carbocycles. The van der Waals surface area contributed by atoms with E-state index in [0.29, 0.717) is 6.42 Å². The number of aliphatic carboxylic acids is 1. The molecule has 0 bridgehead atoms. The summed E-state index contributed by atoms with van der Waals surface area (Å²) < 4.78 is 12.7. The lowest BCUT2D eigenvalue weighted by molar-refractivity contribution is -0.138. The first-order chi connectivity index (χ1) is 5.66. The van der Waals surface area contributed by atoms with Gasteiger partial charge in [0, 0.05) is 0 Å². The van der Waals surface area contributed by atoms with Crippen molar-refractivity contribution < 1.29 is 14.3 Å². The molecule has 0 radical (unpaired) electrons. The second kappa shape index (κ2) is 7.07. The lowest BCUT2D eigenvalue weighted by Crippen LogP contribution is -2.07. The van der Waals surface area contributed by atoms with Crippen molar-refractivity contribution in [3.63, 3.8) is 0 Å². The van der Waals surface area contributed by atoms with Crippen LogP contribution in [0, 0.1) is 0 Å². The summed E-state index contributed by atoms with van der Waals surface area (Å²) in [7, 11) is 0. The highest BCUT2D eigenvalue weighted by Gasteiger charge is 2.10. The van der Waals surface area contributed by atoms with Gasteiger partial charge in [0.2, 0.25) is 0 Å². The molecule has 0 saturated heterocycles. The molecule has 2 nitrogen and oxygen atoms in total. The molecule has 0 rings (SSSR count). The Labute approximate surface area is 72.8 Å². The zero-order chi connectivity index (χ0) is 9.40. The van der Waals surface area contributed by atoms with Crippen LogP contribution in [-0.4, -0.2) is 17.2 Å². The van der Waals surface area contributed by atoms with Gasteiger partial charge < -0.3 is 5.11 Å². The summed E-state index contributed by atoms with van der Waals surface area (Å²) in [5.74, 6) is -1.04. The quantitative estimate of drug-likeness (QED) is 0.605. The summed E-state index contributed by atoms with van der Waals surface area (Å²) in [5, 5.41) is 8.25. The van der Waals surface area contributed by atoms with Crippen molar-refractivity contribution in [2.75, 3.05) is 0 Å². The van der Waals surface area contributed by atoms with Crippen molar-refractivity contribution in [2.45, 2.75) is 51.6 Å². The van der Waals surface area contributed by atoms with E-state index in [1.165, 1.54) is 0 Å². The second-order valence-corrected chi connectivity index (χ2v) is 3.04. The molecular weight excluding hydrogens is 159 g/mol. The van der Waals surface area contributed by atoms with Gasteiger partial charge in [0.15, 0.2) is 0 Å². The van der Waals surface area contributed by atoms with Gasteiger partial charge in [0.25, 0.3) is 0 Å². The number of carboxylic acid groups (broad SMARTS) is 1. The molecule has 0 amide bonds. The fourth-order valence-electron chi connectivity index (χ4n) is 1.08. The molecule has 1 N–H and O–H groups in total. The number of carboxylic acids is 1. The monoisotopic (exact) mass is 176 g/mol. The Kier molecular flexibility index (Phi) is 6.72. The van der Waals surface area contributed by atoms with E-state index >= 15 is 0 Å². The maximum Gasteiger partial charge on any atom is 0.306 e. The average molecular weight is 176 g/mol. The van der Waals surface area contributed by atoms with Crippen LogP contribution in [0.3, 0.4) is 0 Å². The molecule has 0 heterocycles. The Hall–Kier alpha value is -0.600. The topological polar surface area (TPSA) is 37.3 Å². The van der Waals surface area contributed by atoms with Crippen molar-refractivity contribution in [1.29, 1.82) is 0 Å². The lowest BCUT2D eigenvalue weighted by Gasteiger charge is -2.03. The average Bonchev–Trinajstić information content (AvgIpc) is 1.97. The minimum atomic E-state index is -1.15. The van der Waals surface area contributed by atoms with Crippen LogP contribution >= 0.6 is 0 Å². The zero-order valence-electron chi connectivity index (χ0n) is 7.55. The number of unbranched alkanes of at least 4 members (excludes halogenated alkanes) is 3. The van der Waals surface area contributed by atoms with Gasteiger partial charge in [-0.1, -0.05) is 32.6 Å². The molecule has 0 aliphatic heterocycles. The van der Waals surface area contributed by atoms with Crippen molar-refractivity contribution in [2.24, 2.45) is 0 Å². The highest BCUT2D eigenvalue weighted by molar-refractivity contribution is 5.67. The Morgan fingerprint density at radius 3 is 2.58 bits per heavy atom. The number of hydrogen-bond acceptors (Lipinski definition) is 1. The minimum Gasteiger partial charge on any atom is -0.481 e. The first-order valence-electron chi connectivity index (χ1n) is 4.52. The maximum absolute atomic E-state index is 12.7. The van der Waals surface area contributed by atoms with Crippen LogP contribution in [0.1, 0.15) is 45.4 Å². The molecule has 0 aromatic rings. The van der Waals surface area contributed by atoms with E-state index < -0.39 is 12.1 Å². The van der Waals surface area contributed by atoms with E-state index in [1.807, 2.05) is 0 Å². The first kappa shape index (κ1) is 11.4. The largest absolute Gasteiger partial charge is 0.481 e. The molecule has 72 valence electrons. The Bertz CT molecular complexity index is 126. The SMILES string of the molecule is CCCCCC[C@@H](F)CC(=O)O. The van der Waals surface area contributed by atoms with Gasteiger partial charge in [0.1, 0.15) is 6.17 Å². The van der Waals surface area contributed by atoms with Gasteiger partial charge in [-0.15, -0.1) is 0 Å². The summed E-state index contributed by atoms with van der Waals surface area (Å²) in [6.07, 6.45) is 2.95. The summed E-state index contributed by atoms with van der Waals surface area (Å²) in [4.78, 5) is 10.1. The molecule has 3 heteroatoms. The Balaban J connectivity index is 3.19. The van der Waals surface area contributed by atoms with Crippen molar-refractivity contribution in [3.8, 4) is 0 Å². The van der Waals surface area contributed by atoms with Crippen LogP contribution in [-0.2, 0) is 4.79 Å². The highest BCUT2D eigenvalue weighted by Crippen LogP contribution is 2.10. The van der Waals surface area contributed by atoms with Crippen molar-refractivity contribution >= 4 is 5.97 Å². The molecule has 1 atom stereocenters. The number of rotatable bonds is 7. The minimum absolute atomic E-state index is 0.341. The molecule has 0 unspecified atom stereocenters. The van der Waals surface area contributed by atoms with Crippen molar-refractivity contribution in [1.82, 2.24) is 0 Å². The summed E-state index contributed by atoms with van der Waals surface area (Å²) in [5.41, 5.74) is 0. The molecule has 12 heavy (non-hydrogen) atoms. The fourth-order valence-corrected chi connectivity index (χ4v) is 1.08. The van der Waals surface area contributed by atoms with Gasteiger partial charge in [0.05, 0.1) is 6.42 Å². The standard InChI is InChI=1S/C9H17FO2/c1-2-3-4-5-6-8(10)7-9(11)12/h8H,2-7H2,1H3,(H,11,12)/t8-/m1/s1. The molecular formula is C9H17FO2. The molecule has 0 fully saturated rings. The molecule has 0 spiro atoms. The third-order valence-electron chi connectivity index (χ3n) is 1.77. The third kappa shape index (κ3) is 7.51. The van der Waals surface area contributed by atoms with Crippen LogP contribution in [0.15, 0.2) is 0 Å². The molecule has 0 aromatic heterocycles. The molecule has 0 saturated carbocycles. The third-order valence-corrected chi connectivity index (χ3v) is 1.77. The van der Waals surface area contributed by atoms with Crippen LogP contribution in [0.25, 0.3) is 0 Å². The number of carbonyl (C=O) groups is 1. The fraction of sp³-hybridized carbons (Fsp3) is 0.889. The van der Waals surface area contributed by atoms with Crippen LogP contribution in [0.5, 0.6) is 0 Å². The molecule has 0 aliphatic carbocycles. The van der Waals surface area contributed by atoms with Gasteiger partial charge in [-0.25, -0.2) is 4.39 Å². The predicted molar refractivity (Wildman–Crippen MR) is 45.9 cm³/mol. The van der Waals surface area contributed by atoms with Gasteiger partial charge in [-0.2, -0.15) is 0 Å².